The monoisotopic (exact) mass is 415 g/mol. The number of aromatic nitrogens is 3. The second-order valence-corrected chi connectivity index (χ2v) is 7.34. The fourth-order valence-corrected chi connectivity index (χ4v) is 3.84. The van der Waals surface area contributed by atoms with Crippen molar-refractivity contribution in [2.45, 2.75) is 6.04 Å². The highest BCUT2D eigenvalue weighted by atomic mass is 32.1. The van der Waals surface area contributed by atoms with Crippen LogP contribution in [0.5, 0.6) is 0 Å². The molecule has 3 N–H and O–H groups in total. The predicted molar refractivity (Wildman–Crippen MR) is 118 cm³/mol. The van der Waals surface area contributed by atoms with Gasteiger partial charge in [-0.05, 0) is 35.7 Å². The number of benzene rings is 2. The van der Waals surface area contributed by atoms with Crippen molar-refractivity contribution in [3.05, 3.63) is 66.5 Å². The van der Waals surface area contributed by atoms with Gasteiger partial charge in [0.2, 0.25) is 0 Å². The van der Waals surface area contributed by atoms with Crippen molar-refractivity contribution < 1.29 is 9.90 Å². The van der Waals surface area contributed by atoms with Crippen LogP contribution in [0.15, 0.2) is 60.9 Å². The first-order valence-electron chi connectivity index (χ1n) is 9.10. The Balaban J connectivity index is 1.62. The summed E-state index contributed by atoms with van der Waals surface area (Å²) >= 11 is 1.43. The van der Waals surface area contributed by atoms with Crippen LogP contribution in [0, 0.1) is 12.3 Å². The second kappa shape index (κ2) is 8.69. The van der Waals surface area contributed by atoms with Crippen molar-refractivity contribution in [1.29, 1.82) is 0 Å². The first-order valence-corrected chi connectivity index (χ1v) is 9.91. The number of nitrogens with zero attached hydrogens (tertiary/aromatic N) is 3. The van der Waals surface area contributed by atoms with Gasteiger partial charge in [0.05, 0.1) is 12.6 Å². The zero-order valence-corrected chi connectivity index (χ0v) is 16.6. The van der Waals surface area contributed by atoms with E-state index in [1.807, 2.05) is 48.4 Å². The van der Waals surface area contributed by atoms with Crippen molar-refractivity contribution in [2.24, 2.45) is 0 Å². The molecule has 0 fully saturated rings. The summed E-state index contributed by atoms with van der Waals surface area (Å²) in [5, 5.41) is 16.5. The lowest BCUT2D eigenvalue weighted by Gasteiger charge is -2.17. The Labute approximate surface area is 176 Å². The van der Waals surface area contributed by atoms with E-state index in [1.165, 1.54) is 17.7 Å². The largest absolute Gasteiger partial charge is 0.394 e. The fraction of sp³-hybridized carbons (Fsp3) is 0.0909. The Bertz CT molecular complexity index is 1220. The summed E-state index contributed by atoms with van der Waals surface area (Å²) in [6.07, 6.45) is 6.55. The Hall–Kier alpha value is -3.80. The van der Waals surface area contributed by atoms with E-state index < -0.39 is 5.91 Å². The van der Waals surface area contributed by atoms with E-state index in [1.54, 1.807) is 12.1 Å². The molecule has 0 radical (unpaired) electrons. The predicted octanol–water partition coefficient (Wildman–Crippen LogP) is 3.47. The summed E-state index contributed by atoms with van der Waals surface area (Å²) < 4.78 is 0. The van der Waals surface area contributed by atoms with Gasteiger partial charge in [-0.1, -0.05) is 41.7 Å². The first kappa shape index (κ1) is 19.5. The van der Waals surface area contributed by atoms with E-state index in [0.29, 0.717) is 17.0 Å². The maximum Gasteiger partial charge on any atom is 0.300 e. The minimum atomic E-state index is -0.495. The number of fused-ring (bicyclic) bond motifs is 1. The number of carbonyl (C=O) groups excluding carboxylic acids is 1. The van der Waals surface area contributed by atoms with Crippen LogP contribution in [0.1, 0.15) is 11.6 Å². The van der Waals surface area contributed by atoms with Crippen LogP contribution in [0.4, 0.5) is 11.5 Å². The van der Waals surface area contributed by atoms with Crippen LogP contribution >= 0.6 is 11.3 Å². The molecule has 0 aliphatic carbocycles. The molecule has 0 aliphatic heterocycles. The number of anilines is 2. The molecule has 0 aliphatic rings. The quantitative estimate of drug-likeness (QED) is 0.417. The lowest BCUT2D eigenvalue weighted by atomic mass is 10.1. The van der Waals surface area contributed by atoms with Crippen molar-refractivity contribution in [1.82, 2.24) is 15.0 Å². The fourth-order valence-electron chi connectivity index (χ4n) is 2.93. The van der Waals surface area contributed by atoms with E-state index in [0.717, 1.165) is 21.0 Å². The van der Waals surface area contributed by atoms with Gasteiger partial charge in [-0.25, -0.2) is 15.0 Å². The zero-order valence-electron chi connectivity index (χ0n) is 15.7. The number of thiazole rings is 1. The van der Waals surface area contributed by atoms with E-state index in [-0.39, 0.29) is 12.6 Å². The van der Waals surface area contributed by atoms with Gasteiger partial charge >= 0.3 is 0 Å². The third-order valence-corrected chi connectivity index (χ3v) is 5.42. The molecule has 4 rings (SSSR count). The summed E-state index contributed by atoms with van der Waals surface area (Å²) in [5.41, 5.74) is 3.08. The molecule has 2 aromatic heterocycles. The maximum absolute atomic E-state index is 11.3. The minimum absolute atomic E-state index is 0.0860. The van der Waals surface area contributed by atoms with E-state index in [4.69, 9.17) is 11.4 Å². The summed E-state index contributed by atoms with van der Waals surface area (Å²) in [5.74, 6) is 2.08. The highest BCUT2D eigenvalue weighted by molar-refractivity contribution is 7.21. The third-order valence-electron chi connectivity index (χ3n) is 4.41. The molecular weight excluding hydrogens is 398 g/mol. The van der Waals surface area contributed by atoms with Crippen molar-refractivity contribution in [3.8, 4) is 22.9 Å². The first-order chi connectivity index (χ1) is 14.7. The van der Waals surface area contributed by atoms with Crippen LogP contribution in [-0.2, 0) is 4.79 Å². The van der Waals surface area contributed by atoms with Crippen molar-refractivity contribution in [3.63, 3.8) is 0 Å². The topological polar surface area (TPSA) is 100 Å². The average Bonchev–Trinajstić information content (AvgIpc) is 3.23. The summed E-state index contributed by atoms with van der Waals surface area (Å²) in [6.45, 7) is -0.0860. The number of aliphatic hydroxyl groups excluding tert-OH is 1. The number of nitrogens with one attached hydrogen (secondary N) is 2. The lowest BCUT2D eigenvalue weighted by Crippen LogP contribution is -2.15. The molecule has 0 unspecified atom stereocenters. The summed E-state index contributed by atoms with van der Waals surface area (Å²) in [4.78, 5) is 25.4. The molecule has 0 bridgehead atoms. The molecule has 148 valence electrons. The Morgan fingerprint density at radius 1 is 1.13 bits per heavy atom. The van der Waals surface area contributed by atoms with Gasteiger partial charge in [0.15, 0.2) is 5.82 Å². The molecular formula is C22H17N5O2S. The van der Waals surface area contributed by atoms with E-state index in [9.17, 15) is 9.90 Å². The SMILES string of the molecule is C#CC(=O)Nc1ccc(-c2nc3c(N[C@H](CO)c4ccccc4)ncnc3s2)cc1. The van der Waals surface area contributed by atoms with Gasteiger partial charge in [-0.15, -0.1) is 6.42 Å². The zero-order chi connectivity index (χ0) is 20.9. The normalized spacial score (nSPS) is 11.6. The Morgan fingerprint density at radius 2 is 1.90 bits per heavy atom. The Kier molecular flexibility index (Phi) is 5.66. The van der Waals surface area contributed by atoms with Crippen LogP contribution in [0.25, 0.3) is 20.9 Å². The second-order valence-electron chi connectivity index (χ2n) is 6.36. The van der Waals surface area contributed by atoms with Crippen LogP contribution in [-0.4, -0.2) is 32.6 Å². The van der Waals surface area contributed by atoms with Gasteiger partial charge < -0.3 is 15.7 Å². The number of terminal acetylenes is 1. The minimum Gasteiger partial charge on any atom is -0.394 e. The van der Waals surface area contributed by atoms with E-state index >= 15 is 0 Å². The summed E-state index contributed by atoms with van der Waals surface area (Å²) in [6, 6.07) is 16.6. The number of hydrogen-bond donors (Lipinski definition) is 3. The van der Waals surface area contributed by atoms with Crippen molar-refractivity contribution in [2.75, 3.05) is 17.2 Å². The molecule has 0 saturated carbocycles. The standard InChI is InChI=1S/C22H17N5O2S/c1-2-18(29)25-16-10-8-15(9-11-16)21-27-19-20(23-13-24-22(19)30-21)26-17(12-28)14-6-4-3-5-7-14/h1,3-11,13,17,28H,12H2,(H,25,29)(H,23,24,26)/t17-/m1/s1. The maximum atomic E-state index is 11.3. The molecule has 8 heteroatoms. The van der Waals surface area contributed by atoms with Crippen molar-refractivity contribution >= 4 is 39.1 Å². The van der Waals surface area contributed by atoms with Gasteiger partial charge in [0, 0.05) is 11.3 Å². The van der Waals surface area contributed by atoms with Gasteiger partial charge in [-0.2, -0.15) is 0 Å². The smallest absolute Gasteiger partial charge is 0.300 e. The number of hydrogen-bond acceptors (Lipinski definition) is 7. The van der Waals surface area contributed by atoms with Crippen LogP contribution in [0.3, 0.4) is 0 Å². The Morgan fingerprint density at radius 3 is 2.60 bits per heavy atom. The van der Waals surface area contributed by atoms with Gasteiger partial charge in [0.25, 0.3) is 5.91 Å². The molecule has 1 amide bonds. The molecule has 30 heavy (non-hydrogen) atoms. The lowest BCUT2D eigenvalue weighted by molar-refractivity contribution is -0.111. The van der Waals surface area contributed by atoms with Crippen LogP contribution < -0.4 is 10.6 Å². The molecule has 0 saturated heterocycles. The van der Waals surface area contributed by atoms with Gasteiger partial charge in [-0.3, -0.25) is 4.79 Å². The molecule has 0 spiro atoms. The highest BCUT2D eigenvalue weighted by Crippen LogP contribution is 2.33. The molecule has 2 aromatic carbocycles. The number of rotatable bonds is 6. The average molecular weight is 415 g/mol. The number of aliphatic hydroxyl groups is 1. The number of carbonyl (C=O) groups is 1. The molecule has 4 aromatic rings. The highest BCUT2D eigenvalue weighted by Gasteiger charge is 2.16. The summed E-state index contributed by atoms with van der Waals surface area (Å²) in [7, 11) is 0. The number of amides is 1. The van der Waals surface area contributed by atoms with Gasteiger partial charge in [0.1, 0.15) is 21.7 Å². The van der Waals surface area contributed by atoms with Crippen LogP contribution in [0.2, 0.25) is 0 Å². The van der Waals surface area contributed by atoms with E-state index in [2.05, 4.69) is 20.6 Å². The molecule has 1 atom stereocenters. The molecule has 7 nitrogen and oxygen atoms in total. The third kappa shape index (κ3) is 4.12. The molecule has 2 heterocycles.